The van der Waals surface area contributed by atoms with E-state index >= 15 is 0 Å². The SMILES string of the molecule is Clc1cc(Cl)c(OCCCNC2CC2)cc1Cl. The quantitative estimate of drug-likeness (QED) is 0.628. The Morgan fingerprint density at radius 2 is 1.82 bits per heavy atom. The van der Waals surface area contributed by atoms with Crippen molar-refractivity contribution < 1.29 is 4.74 Å². The zero-order valence-electron chi connectivity index (χ0n) is 9.31. The number of nitrogens with one attached hydrogen (secondary N) is 1. The van der Waals surface area contributed by atoms with Crippen molar-refractivity contribution in [2.24, 2.45) is 0 Å². The second kappa shape index (κ2) is 6.14. The topological polar surface area (TPSA) is 21.3 Å². The predicted octanol–water partition coefficient (Wildman–Crippen LogP) is 4.17. The zero-order valence-corrected chi connectivity index (χ0v) is 11.6. The van der Waals surface area contributed by atoms with Crippen molar-refractivity contribution in [3.63, 3.8) is 0 Å². The van der Waals surface area contributed by atoms with Crippen LogP contribution in [-0.4, -0.2) is 19.2 Å². The molecule has 1 fully saturated rings. The highest BCUT2D eigenvalue weighted by molar-refractivity contribution is 6.43. The van der Waals surface area contributed by atoms with Crippen molar-refractivity contribution in [3.8, 4) is 5.75 Å². The maximum atomic E-state index is 5.99. The second-order valence-corrected chi connectivity index (χ2v) is 5.35. The van der Waals surface area contributed by atoms with Crippen molar-refractivity contribution >= 4 is 34.8 Å². The summed E-state index contributed by atoms with van der Waals surface area (Å²) in [7, 11) is 0. The lowest BCUT2D eigenvalue weighted by Gasteiger charge is -2.09. The Balaban J connectivity index is 1.75. The van der Waals surface area contributed by atoms with Gasteiger partial charge in [0.25, 0.3) is 0 Å². The van der Waals surface area contributed by atoms with E-state index < -0.39 is 0 Å². The normalized spacial score (nSPS) is 15.0. The molecular weight excluding hydrogens is 280 g/mol. The highest BCUT2D eigenvalue weighted by Gasteiger charge is 2.19. The van der Waals surface area contributed by atoms with Gasteiger partial charge in [-0.3, -0.25) is 0 Å². The summed E-state index contributed by atoms with van der Waals surface area (Å²) >= 11 is 17.7. The van der Waals surface area contributed by atoms with Gasteiger partial charge in [0, 0.05) is 12.1 Å². The van der Waals surface area contributed by atoms with Crippen LogP contribution in [0.4, 0.5) is 0 Å². The van der Waals surface area contributed by atoms with E-state index in [-0.39, 0.29) is 0 Å². The number of hydrogen-bond acceptors (Lipinski definition) is 2. The molecule has 0 unspecified atom stereocenters. The average Bonchev–Trinajstić information content (AvgIpc) is 3.08. The van der Waals surface area contributed by atoms with E-state index in [9.17, 15) is 0 Å². The minimum absolute atomic E-state index is 0.444. The molecule has 1 saturated carbocycles. The standard InChI is InChI=1S/C12H14Cl3NO/c13-9-6-11(15)12(7-10(9)14)17-5-1-4-16-8-2-3-8/h6-8,16H,1-5H2. The Labute approximate surface area is 116 Å². The third-order valence-electron chi connectivity index (χ3n) is 2.56. The molecule has 1 aromatic rings. The Hall–Kier alpha value is -0.150. The third kappa shape index (κ3) is 4.22. The maximum Gasteiger partial charge on any atom is 0.139 e. The number of halogens is 3. The minimum Gasteiger partial charge on any atom is -0.492 e. The number of rotatable bonds is 6. The summed E-state index contributed by atoms with van der Waals surface area (Å²) in [6.45, 7) is 1.60. The molecule has 0 bridgehead atoms. The highest BCUT2D eigenvalue weighted by atomic mass is 35.5. The van der Waals surface area contributed by atoms with E-state index in [1.165, 1.54) is 12.8 Å². The lowest BCUT2D eigenvalue weighted by atomic mass is 10.3. The van der Waals surface area contributed by atoms with Crippen molar-refractivity contribution in [3.05, 3.63) is 27.2 Å². The first kappa shape index (κ1) is 13.3. The molecule has 2 nitrogen and oxygen atoms in total. The van der Waals surface area contributed by atoms with Crippen molar-refractivity contribution in [1.29, 1.82) is 0 Å². The molecule has 0 amide bonds. The Morgan fingerprint density at radius 3 is 2.53 bits per heavy atom. The summed E-state index contributed by atoms with van der Waals surface area (Å²) in [5, 5.41) is 4.82. The van der Waals surface area contributed by atoms with Gasteiger partial charge in [0.2, 0.25) is 0 Å². The monoisotopic (exact) mass is 293 g/mol. The van der Waals surface area contributed by atoms with Gasteiger partial charge in [0.1, 0.15) is 5.75 Å². The molecule has 94 valence electrons. The van der Waals surface area contributed by atoms with Gasteiger partial charge in [0.15, 0.2) is 0 Å². The van der Waals surface area contributed by atoms with Gasteiger partial charge in [-0.2, -0.15) is 0 Å². The molecule has 17 heavy (non-hydrogen) atoms. The van der Waals surface area contributed by atoms with Crippen LogP contribution in [0.3, 0.4) is 0 Å². The van der Waals surface area contributed by atoms with Crippen LogP contribution in [0.5, 0.6) is 5.75 Å². The van der Waals surface area contributed by atoms with E-state index in [1.807, 2.05) is 0 Å². The van der Waals surface area contributed by atoms with E-state index in [4.69, 9.17) is 39.5 Å². The third-order valence-corrected chi connectivity index (χ3v) is 3.58. The summed E-state index contributed by atoms with van der Waals surface area (Å²) in [6, 6.07) is 3.99. The van der Waals surface area contributed by atoms with Gasteiger partial charge in [-0.15, -0.1) is 0 Å². The molecule has 0 atom stereocenters. The molecule has 1 aliphatic rings. The molecule has 0 radical (unpaired) electrons. The van der Waals surface area contributed by atoms with E-state index in [1.54, 1.807) is 12.1 Å². The minimum atomic E-state index is 0.444. The maximum absolute atomic E-state index is 5.99. The van der Waals surface area contributed by atoms with E-state index in [0.717, 1.165) is 19.0 Å². The summed E-state index contributed by atoms with van der Waals surface area (Å²) in [6.07, 6.45) is 3.56. The van der Waals surface area contributed by atoms with Crippen LogP contribution in [0.25, 0.3) is 0 Å². The molecule has 1 N–H and O–H groups in total. The lowest BCUT2D eigenvalue weighted by molar-refractivity contribution is 0.308. The smallest absolute Gasteiger partial charge is 0.139 e. The molecule has 0 saturated heterocycles. The molecule has 0 spiro atoms. The van der Waals surface area contributed by atoms with Crippen LogP contribution in [0.2, 0.25) is 15.1 Å². The van der Waals surface area contributed by atoms with Crippen molar-refractivity contribution in [2.75, 3.05) is 13.2 Å². The van der Waals surface area contributed by atoms with Crippen molar-refractivity contribution in [1.82, 2.24) is 5.32 Å². The summed E-state index contributed by atoms with van der Waals surface area (Å²) in [4.78, 5) is 0. The van der Waals surface area contributed by atoms with Gasteiger partial charge in [-0.05, 0) is 31.9 Å². The van der Waals surface area contributed by atoms with Crippen LogP contribution in [0.1, 0.15) is 19.3 Å². The average molecular weight is 295 g/mol. The Bertz CT molecular complexity index is 394. The van der Waals surface area contributed by atoms with E-state index in [2.05, 4.69) is 5.32 Å². The highest BCUT2D eigenvalue weighted by Crippen LogP contribution is 2.33. The predicted molar refractivity (Wildman–Crippen MR) is 72.6 cm³/mol. The first-order valence-electron chi connectivity index (χ1n) is 5.67. The summed E-state index contributed by atoms with van der Waals surface area (Å²) in [5.74, 6) is 0.590. The molecule has 0 heterocycles. The molecule has 0 aliphatic heterocycles. The fourth-order valence-corrected chi connectivity index (χ4v) is 2.05. The van der Waals surface area contributed by atoms with Crippen LogP contribution >= 0.6 is 34.8 Å². The molecule has 2 rings (SSSR count). The molecule has 1 aromatic carbocycles. The fourth-order valence-electron chi connectivity index (χ4n) is 1.46. The number of ether oxygens (including phenoxy) is 1. The van der Waals surface area contributed by atoms with Gasteiger partial charge < -0.3 is 10.1 Å². The zero-order chi connectivity index (χ0) is 12.3. The Morgan fingerprint density at radius 1 is 1.12 bits per heavy atom. The molecule has 5 heteroatoms. The first-order valence-corrected chi connectivity index (χ1v) is 6.81. The number of hydrogen-bond donors (Lipinski definition) is 1. The van der Waals surface area contributed by atoms with E-state index in [0.29, 0.717) is 27.4 Å². The molecule has 0 aromatic heterocycles. The summed E-state index contributed by atoms with van der Waals surface area (Å²) in [5.41, 5.74) is 0. The molecular formula is C12H14Cl3NO. The fraction of sp³-hybridized carbons (Fsp3) is 0.500. The lowest BCUT2D eigenvalue weighted by Crippen LogP contribution is -2.19. The second-order valence-electron chi connectivity index (χ2n) is 4.13. The Kier molecular flexibility index (Phi) is 4.80. The van der Waals surface area contributed by atoms with Gasteiger partial charge in [-0.1, -0.05) is 34.8 Å². The van der Waals surface area contributed by atoms with Gasteiger partial charge in [0.05, 0.1) is 21.7 Å². The van der Waals surface area contributed by atoms with Crippen LogP contribution < -0.4 is 10.1 Å². The number of benzene rings is 1. The van der Waals surface area contributed by atoms with Crippen LogP contribution in [-0.2, 0) is 0 Å². The van der Waals surface area contributed by atoms with Gasteiger partial charge in [-0.25, -0.2) is 0 Å². The summed E-state index contributed by atoms with van der Waals surface area (Å²) < 4.78 is 5.56. The largest absolute Gasteiger partial charge is 0.492 e. The molecule has 1 aliphatic carbocycles. The first-order chi connectivity index (χ1) is 8.16. The van der Waals surface area contributed by atoms with Crippen LogP contribution in [0, 0.1) is 0 Å². The van der Waals surface area contributed by atoms with Crippen LogP contribution in [0.15, 0.2) is 12.1 Å². The van der Waals surface area contributed by atoms with Gasteiger partial charge >= 0.3 is 0 Å². The van der Waals surface area contributed by atoms with Crippen molar-refractivity contribution in [2.45, 2.75) is 25.3 Å².